The maximum absolute atomic E-state index is 12.3. The van der Waals surface area contributed by atoms with Crippen molar-refractivity contribution in [3.05, 3.63) is 82.5 Å². The van der Waals surface area contributed by atoms with Crippen LogP contribution in [0.5, 0.6) is 0 Å². The summed E-state index contributed by atoms with van der Waals surface area (Å²) in [5.41, 5.74) is 4.71. The van der Waals surface area contributed by atoms with Crippen molar-refractivity contribution in [3.63, 3.8) is 0 Å². The fourth-order valence-corrected chi connectivity index (χ4v) is 4.51. The van der Waals surface area contributed by atoms with E-state index in [0.29, 0.717) is 32.5 Å². The van der Waals surface area contributed by atoms with Crippen molar-refractivity contribution in [2.24, 2.45) is 5.10 Å². The number of halogens is 2. The number of rotatable bonds is 8. The maximum atomic E-state index is 12.3. The molecule has 5 aromatic rings. The molecule has 1 N–H and O–H groups in total. The summed E-state index contributed by atoms with van der Waals surface area (Å²) in [6, 6.07) is 16.2. The molecule has 3 heterocycles. The second kappa shape index (κ2) is 10.3. The van der Waals surface area contributed by atoms with E-state index in [0.717, 1.165) is 11.0 Å². The average Bonchev–Trinajstić information content (AvgIpc) is 3.59. The van der Waals surface area contributed by atoms with Gasteiger partial charge in [-0.25, -0.2) is 10.1 Å². The number of hydrogen-bond acceptors (Lipinski definition) is 8. The van der Waals surface area contributed by atoms with Crippen LogP contribution in [0.3, 0.4) is 0 Å². The molecular weight excluding hydrogens is 511 g/mol. The summed E-state index contributed by atoms with van der Waals surface area (Å²) in [5.74, 6) is 0.813. The fourth-order valence-electron chi connectivity index (χ4n) is 3.26. The van der Waals surface area contributed by atoms with Gasteiger partial charge in [-0.3, -0.25) is 9.36 Å². The van der Waals surface area contributed by atoms with Gasteiger partial charge in [0, 0.05) is 5.02 Å². The summed E-state index contributed by atoms with van der Waals surface area (Å²) in [5, 5.41) is 22.3. The predicted molar refractivity (Wildman–Crippen MR) is 133 cm³/mol. The molecule has 0 aliphatic heterocycles. The molecule has 0 unspecified atom stereocenters. The predicted octanol–water partition coefficient (Wildman–Crippen LogP) is 4.20. The molecule has 0 saturated heterocycles. The molecule has 2 aromatic carbocycles. The van der Waals surface area contributed by atoms with Gasteiger partial charge in [0.2, 0.25) is 0 Å². The van der Waals surface area contributed by atoms with E-state index < -0.39 is 0 Å². The first kappa shape index (κ1) is 23.1. The molecule has 3 aromatic heterocycles. The number of furan rings is 1. The number of amides is 1. The number of hydrogen-bond donors (Lipinski definition) is 1. The molecule has 0 fully saturated rings. The number of fused-ring (bicyclic) bond motifs is 1. The SMILES string of the molecule is O=C(CSc1nnc(Cn2nnc3ccccc32)n1-c1ccc(Cl)cc1Cl)N/N=C/c1ccco1. The second-order valence-corrected chi connectivity index (χ2v) is 8.95. The molecule has 13 heteroatoms. The van der Waals surface area contributed by atoms with Crippen molar-refractivity contribution in [1.29, 1.82) is 0 Å². The molecule has 0 radical (unpaired) electrons. The monoisotopic (exact) mass is 526 g/mol. The highest BCUT2D eigenvalue weighted by Gasteiger charge is 2.19. The van der Waals surface area contributed by atoms with Crippen molar-refractivity contribution in [1.82, 2.24) is 35.2 Å². The Morgan fingerprint density at radius 3 is 2.83 bits per heavy atom. The lowest BCUT2D eigenvalue weighted by Gasteiger charge is -2.12. The Morgan fingerprint density at radius 2 is 2.00 bits per heavy atom. The van der Waals surface area contributed by atoms with E-state index in [1.807, 2.05) is 24.3 Å². The fraction of sp³-hybridized carbons (Fsp3) is 0.0909. The molecule has 35 heavy (non-hydrogen) atoms. The second-order valence-electron chi connectivity index (χ2n) is 7.16. The highest BCUT2D eigenvalue weighted by molar-refractivity contribution is 7.99. The zero-order valence-electron chi connectivity index (χ0n) is 17.9. The highest BCUT2D eigenvalue weighted by Crippen LogP contribution is 2.30. The molecular formula is C22H16Cl2N8O2S. The molecule has 0 bridgehead atoms. The lowest BCUT2D eigenvalue weighted by molar-refractivity contribution is -0.118. The summed E-state index contributed by atoms with van der Waals surface area (Å²) >= 11 is 13.8. The molecule has 5 rings (SSSR count). The van der Waals surface area contributed by atoms with Gasteiger partial charge in [-0.1, -0.05) is 52.3 Å². The minimum absolute atomic E-state index is 0.0467. The number of carbonyl (C=O) groups is 1. The molecule has 0 aliphatic rings. The number of nitrogens with one attached hydrogen (secondary N) is 1. The Bertz CT molecular complexity index is 1510. The van der Waals surface area contributed by atoms with Crippen LogP contribution in [0.25, 0.3) is 16.7 Å². The first-order chi connectivity index (χ1) is 17.1. The van der Waals surface area contributed by atoms with Crippen molar-refractivity contribution in [2.45, 2.75) is 11.7 Å². The Labute approximate surface area is 212 Å². The minimum Gasteiger partial charge on any atom is -0.463 e. The van der Waals surface area contributed by atoms with E-state index >= 15 is 0 Å². The van der Waals surface area contributed by atoms with E-state index in [-0.39, 0.29) is 18.2 Å². The van der Waals surface area contributed by atoms with Crippen molar-refractivity contribution >= 4 is 58.1 Å². The third-order valence-electron chi connectivity index (χ3n) is 4.82. The molecule has 0 spiro atoms. The van der Waals surface area contributed by atoms with Crippen molar-refractivity contribution in [3.8, 4) is 5.69 Å². The van der Waals surface area contributed by atoms with Crippen LogP contribution in [-0.4, -0.2) is 47.6 Å². The van der Waals surface area contributed by atoms with E-state index in [1.165, 1.54) is 24.2 Å². The zero-order chi connectivity index (χ0) is 24.2. The molecule has 0 atom stereocenters. The van der Waals surface area contributed by atoms with Crippen LogP contribution in [0.1, 0.15) is 11.6 Å². The van der Waals surface area contributed by atoms with Gasteiger partial charge in [-0.15, -0.1) is 15.3 Å². The van der Waals surface area contributed by atoms with Crippen LogP contribution in [0.15, 0.2) is 75.5 Å². The molecule has 0 aliphatic carbocycles. The van der Waals surface area contributed by atoms with Gasteiger partial charge in [-0.05, 0) is 42.5 Å². The van der Waals surface area contributed by atoms with E-state index in [1.54, 1.807) is 39.6 Å². The van der Waals surface area contributed by atoms with Gasteiger partial charge in [0.05, 0.1) is 34.5 Å². The van der Waals surface area contributed by atoms with E-state index in [9.17, 15) is 4.79 Å². The van der Waals surface area contributed by atoms with Gasteiger partial charge in [0.25, 0.3) is 5.91 Å². The van der Waals surface area contributed by atoms with E-state index in [4.69, 9.17) is 27.6 Å². The summed E-state index contributed by atoms with van der Waals surface area (Å²) in [4.78, 5) is 12.3. The first-order valence-electron chi connectivity index (χ1n) is 10.2. The van der Waals surface area contributed by atoms with Gasteiger partial charge >= 0.3 is 0 Å². The van der Waals surface area contributed by atoms with Gasteiger partial charge in [0.1, 0.15) is 17.8 Å². The number of benzene rings is 2. The number of aromatic nitrogens is 6. The van der Waals surface area contributed by atoms with Crippen LogP contribution in [0.4, 0.5) is 0 Å². The topological polar surface area (TPSA) is 116 Å². The Balaban J connectivity index is 1.40. The molecule has 0 saturated carbocycles. The smallest absolute Gasteiger partial charge is 0.250 e. The van der Waals surface area contributed by atoms with Gasteiger partial charge in [0.15, 0.2) is 11.0 Å². The van der Waals surface area contributed by atoms with Crippen LogP contribution < -0.4 is 5.43 Å². The van der Waals surface area contributed by atoms with Gasteiger partial charge in [-0.2, -0.15) is 5.10 Å². The zero-order valence-corrected chi connectivity index (χ0v) is 20.2. The van der Waals surface area contributed by atoms with Gasteiger partial charge < -0.3 is 4.42 Å². The first-order valence-corrected chi connectivity index (χ1v) is 12.0. The minimum atomic E-state index is -0.321. The summed E-state index contributed by atoms with van der Waals surface area (Å²) in [7, 11) is 0. The molecule has 10 nitrogen and oxygen atoms in total. The average molecular weight is 527 g/mol. The maximum Gasteiger partial charge on any atom is 0.250 e. The number of thioether (sulfide) groups is 1. The summed E-state index contributed by atoms with van der Waals surface area (Å²) in [6.45, 7) is 0.284. The lowest BCUT2D eigenvalue weighted by Crippen LogP contribution is -2.20. The largest absolute Gasteiger partial charge is 0.463 e. The van der Waals surface area contributed by atoms with Crippen LogP contribution in [0, 0.1) is 0 Å². The Morgan fingerprint density at radius 1 is 1.11 bits per heavy atom. The third kappa shape index (κ3) is 5.21. The quantitative estimate of drug-likeness (QED) is 0.183. The van der Waals surface area contributed by atoms with Crippen LogP contribution >= 0.6 is 35.0 Å². The van der Waals surface area contributed by atoms with Crippen LogP contribution in [-0.2, 0) is 11.3 Å². The number of para-hydroxylation sites is 1. The number of nitrogens with zero attached hydrogens (tertiary/aromatic N) is 7. The lowest BCUT2D eigenvalue weighted by atomic mass is 10.3. The van der Waals surface area contributed by atoms with Crippen molar-refractivity contribution < 1.29 is 9.21 Å². The highest BCUT2D eigenvalue weighted by atomic mass is 35.5. The summed E-state index contributed by atoms with van der Waals surface area (Å²) in [6.07, 6.45) is 2.94. The van der Waals surface area contributed by atoms with Crippen molar-refractivity contribution in [2.75, 3.05) is 5.75 Å². The van der Waals surface area contributed by atoms with E-state index in [2.05, 4.69) is 31.0 Å². The standard InChI is InChI=1S/C22H16Cl2N8O2S/c23-14-7-8-18(16(24)10-14)32-20(12-31-19-6-2-1-5-17(19)26-30-31)27-29-22(32)35-13-21(33)28-25-11-15-4-3-9-34-15/h1-11H,12-13H2,(H,28,33)/b25-11+. The third-order valence-corrected chi connectivity index (χ3v) is 6.29. The number of carbonyl (C=O) groups excluding carboxylic acids is 1. The Hall–Kier alpha value is -3.67. The number of hydrazone groups is 1. The Kier molecular flexibility index (Phi) is 6.80. The molecule has 1 amide bonds. The normalized spacial score (nSPS) is 11.5. The summed E-state index contributed by atoms with van der Waals surface area (Å²) < 4.78 is 8.64. The molecule has 176 valence electrons. The van der Waals surface area contributed by atoms with Crippen LogP contribution in [0.2, 0.25) is 10.0 Å².